The van der Waals surface area contributed by atoms with Crippen molar-refractivity contribution in [1.82, 2.24) is 24.9 Å². The van der Waals surface area contributed by atoms with Gasteiger partial charge in [0.05, 0.1) is 24.2 Å². The monoisotopic (exact) mass is 1900 g/mol. The number of ether oxygens (including phenoxy) is 13. The lowest BCUT2D eigenvalue weighted by Gasteiger charge is -2.18. The molecule has 736 valence electrons. The molecule has 5 aromatic heterocycles. The Labute approximate surface area is 821 Å². The van der Waals surface area contributed by atoms with E-state index in [4.69, 9.17) is 88.5 Å². The zero-order valence-electron chi connectivity index (χ0n) is 85.6. The van der Waals surface area contributed by atoms with Crippen LogP contribution in [0.1, 0.15) is 240 Å². The van der Waals surface area contributed by atoms with Crippen LogP contribution in [0, 0.1) is 104 Å². The number of nitrogens with zero attached hydrogens (tertiary/aromatic N) is 5. The molecule has 5 heterocycles. The first kappa shape index (κ1) is 110. The highest BCUT2D eigenvalue weighted by molar-refractivity contribution is 6.30. The Morgan fingerprint density at radius 3 is 0.986 bits per heavy atom. The van der Waals surface area contributed by atoms with Gasteiger partial charge in [-0.2, -0.15) is 0 Å². The van der Waals surface area contributed by atoms with Crippen LogP contribution >= 0.6 is 11.6 Å². The molecule has 0 radical (unpaired) electrons. The van der Waals surface area contributed by atoms with Crippen LogP contribution in [-0.4, -0.2) is 128 Å². The lowest BCUT2D eigenvalue weighted by molar-refractivity contribution is -0.143. The number of aliphatic carboxylic acids is 1. The summed E-state index contributed by atoms with van der Waals surface area (Å²) in [4.78, 5) is 45.7. The van der Waals surface area contributed by atoms with E-state index in [1.807, 2.05) is 178 Å². The molecule has 0 aliphatic heterocycles. The molecule has 0 saturated heterocycles. The number of pyridine rings is 5. The summed E-state index contributed by atoms with van der Waals surface area (Å²) in [5.74, 6) is 5.72. The molecule has 0 fully saturated rings. The third kappa shape index (κ3) is 31.3. The Balaban J connectivity index is 0.000000212. The SMILES string of the molecule is C=C(C)c1nc(Cc2c(C)cc(OCc3ccccc3)c(C)c2C)ccc1OCOC.COCOc1ccc(Cc2c(C)cc(O)c(C)c2C)nc1C(C)C.COCOc1ccc(Cc2c(C)cc(OCC(=O)OC)c(C)c2C)nc1C(C)C.COCOc1ccc(Cc2c(C)cc(OCc3ccccc3)c(C)c2C)nc1Cl.Cc1cc(OCC(=O)O)c(C)c(C)c1Cc1ccc(O)c(C(C)C)n1. The maximum absolute atomic E-state index is 11.4. The van der Waals surface area contributed by atoms with Gasteiger partial charge in [-0.25, -0.2) is 19.6 Å². The van der Waals surface area contributed by atoms with Crippen LogP contribution in [0.3, 0.4) is 0 Å². The number of halogens is 1. The fraction of sp³-hybridized carbons (Fsp3) is 0.377. The molecule has 0 saturated carbocycles. The Kier molecular flexibility index (Phi) is 43.0. The molecule has 7 aromatic carbocycles. The van der Waals surface area contributed by atoms with Crippen molar-refractivity contribution >= 4 is 29.1 Å². The van der Waals surface area contributed by atoms with Gasteiger partial charge in [0.1, 0.15) is 70.7 Å². The number of aryl methyl sites for hydroxylation is 5. The van der Waals surface area contributed by atoms with Crippen molar-refractivity contribution in [1.29, 1.82) is 0 Å². The molecule has 0 aliphatic carbocycles. The van der Waals surface area contributed by atoms with Gasteiger partial charge in [0.2, 0.25) is 0 Å². The molecule has 138 heavy (non-hydrogen) atoms. The summed E-state index contributed by atoms with van der Waals surface area (Å²) in [5, 5.41) is 29.0. The highest BCUT2D eigenvalue weighted by Gasteiger charge is 2.24. The van der Waals surface area contributed by atoms with E-state index in [0.29, 0.717) is 72.1 Å². The smallest absolute Gasteiger partial charge is 0.343 e. The highest BCUT2D eigenvalue weighted by Crippen LogP contribution is 2.39. The number of carbonyl (C=O) groups excluding carboxylic acids is 1. The van der Waals surface area contributed by atoms with Gasteiger partial charge in [0.25, 0.3) is 0 Å². The minimum Gasteiger partial charge on any atom is -0.508 e. The topological polar surface area (TPSA) is 279 Å². The number of methoxy groups -OCH3 is 5. The number of carboxylic acids is 1. The molecule has 24 heteroatoms. The lowest BCUT2D eigenvalue weighted by Crippen LogP contribution is -2.14. The first-order valence-corrected chi connectivity index (χ1v) is 46.6. The molecule has 12 rings (SSSR count). The maximum Gasteiger partial charge on any atom is 0.343 e. The van der Waals surface area contributed by atoms with Crippen molar-refractivity contribution in [3.05, 3.63) is 337 Å². The van der Waals surface area contributed by atoms with Crippen molar-refractivity contribution in [2.45, 2.75) is 215 Å². The molecule has 0 spiro atoms. The first-order chi connectivity index (χ1) is 65.7. The van der Waals surface area contributed by atoms with Crippen molar-refractivity contribution < 1.29 is 86.5 Å². The standard InChI is InChI=1S/C27H31NO3.C24H26ClNO3.C23H31NO5.C20H25NO4.C20H27NO3/c1-18(2)27-25(31-17-29-6)13-12-23(28-27)15-24-19(3)14-26(21(5)20(24)4)30-16-22-10-8-7-9-11-22;1-16-12-23(28-14-19-8-6-5-7-9-19)18(3)17(2)21(16)13-20-10-11-22(24(25)26-20)29-15-27-4;1-14(2)23-20(29-13-26-6)9-8-18(24-23)11-19-15(3)10-21(17(5)16(19)4)28-12-22(25)27-7;1-11(2)20-17(22)7-6-15(21-20)9-16-12(3)8-18(14(5)13(16)4)25-10-19(23)24;1-12(2)20-19(24-11-23-6)8-7-16(21-20)10-17-13(3)9-18(22)15(5)14(17)4/h7-14H,1,15-17H2,2-6H3;5-12H,13-15H2,1-4H3;8-10,14H,11-13H2,1-7H3;6-8,11,22H,9-10H2,1-5H3,(H,23,24);7-9,12,22H,10-11H2,1-6H3. The van der Waals surface area contributed by atoms with Crippen LogP contribution < -0.4 is 37.9 Å². The summed E-state index contributed by atoms with van der Waals surface area (Å²) in [7, 11) is 7.72. The number of carboxylic acid groups (broad SMARTS) is 1. The largest absolute Gasteiger partial charge is 0.508 e. The second-order valence-electron chi connectivity index (χ2n) is 35.4. The van der Waals surface area contributed by atoms with Crippen molar-refractivity contribution in [2.75, 3.05) is 75.9 Å². The molecule has 0 atom stereocenters. The number of esters is 1. The van der Waals surface area contributed by atoms with E-state index in [0.717, 1.165) is 165 Å². The van der Waals surface area contributed by atoms with Crippen LogP contribution in [0.4, 0.5) is 0 Å². The van der Waals surface area contributed by atoms with E-state index >= 15 is 0 Å². The molecule has 3 N–H and O–H groups in total. The number of hydrogen-bond donors (Lipinski definition) is 3. The Bertz CT molecular complexity index is 6120. The van der Waals surface area contributed by atoms with Crippen LogP contribution in [0.5, 0.6) is 57.5 Å². The molecule has 0 amide bonds. The Morgan fingerprint density at radius 2 is 0.638 bits per heavy atom. The zero-order chi connectivity index (χ0) is 101. The Hall–Kier alpha value is -12.9. The second kappa shape index (κ2) is 53.7. The van der Waals surface area contributed by atoms with Crippen molar-refractivity contribution in [3.8, 4) is 57.5 Å². The number of phenolic OH excluding ortho intramolecular Hbond substituents is 1. The zero-order valence-corrected chi connectivity index (χ0v) is 86.4. The average Bonchev–Trinajstić information content (AvgIpc) is 0.812. The summed E-state index contributed by atoms with van der Waals surface area (Å²) < 4.78 is 70.1. The summed E-state index contributed by atoms with van der Waals surface area (Å²) in [6, 6.07) is 49.5. The van der Waals surface area contributed by atoms with E-state index in [9.17, 15) is 19.8 Å². The number of aromatic hydroxyl groups is 2. The summed E-state index contributed by atoms with van der Waals surface area (Å²) in [6.07, 6.45) is 3.53. The van der Waals surface area contributed by atoms with Gasteiger partial charge in [-0.3, -0.25) is 15.0 Å². The number of carbonyl (C=O) groups is 2. The van der Waals surface area contributed by atoms with Gasteiger partial charge in [-0.15, -0.1) is 0 Å². The van der Waals surface area contributed by atoms with Gasteiger partial charge in [0, 0.05) is 89.0 Å². The van der Waals surface area contributed by atoms with E-state index in [1.54, 1.807) is 34.5 Å². The van der Waals surface area contributed by atoms with Crippen LogP contribution in [0.15, 0.2) is 158 Å². The molecule has 0 unspecified atom stereocenters. The molecule has 0 aliphatic rings. The average molecular weight is 1900 g/mol. The summed E-state index contributed by atoms with van der Waals surface area (Å²) in [6.45, 7) is 50.6. The summed E-state index contributed by atoms with van der Waals surface area (Å²) >= 11 is 6.26. The van der Waals surface area contributed by atoms with Gasteiger partial charge in [-0.05, 0) is 347 Å². The number of allylic oxidation sites excluding steroid dienone is 1. The number of hydrogen-bond acceptors (Lipinski definition) is 22. The molecular formula is C114H140ClN5O18. The quantitative estimate of drug-likeness (QED) is 0.0184. The molecule has 0 bridgehead atoms. The minimum atomic E-state index is -0.992. The van der Waals surface area contributed by atoms with Gasteiger partial charge in [0.15, 0.2) is 51.3 Å². The number of aromatic nitrogens is 5. The van der Waals surface area contributed by atoms with E-state index in [-0.39, 0.29) is 63.9 Å². The number of phenols is 1. The van der Waals surface area contributed by atoms with Crippen molar-refractivity contribution in [3.63, 3.8) is 0 Å². The maximum atomic E-state index is 11.4. The van der Waals surface area contributed by atoms with E-state index in [1.165, 1.54) is 51.6 Å². The fourth-order valence-corrected chi connectivity index (χ4v) is 15.9. The van der Waals surface area contributed by atoms with Gasteiger partial charge < -0.3 is 76.9 Å². The highest BCUT2D eigenvalue weighted by atomic mass is 35.5. The number of benzene rings is 7. The fourth-order valence-electron chi connectivity index (χ4n) is 15.7. The summed E-state index contributed by atoms with van der Waals surface area (Å²) in [5.41, 5.74) is 33.9. The number of rotatable bonds is 38. The normalized spacial score (nSPS) is 10.9. The van der Waals surface area contributed by atoms with Crippen LogP contribution in [0.25, 0.3) is 5.57 Å². The third-order valence-corrected chi connectivity index (χ3v) is 24.5. The van der Waals surface area contributed by atoms with Crippen molar-refractivity contribution in [2.24, 2.45) is 0 Å². The van der Waals surface area contributed by atoms with Crippen LogP contribution in [0.2, 0.25) is 5.15 Å². The third-order valence-electron chi connectivity index (χ3n) is 24.3. The Morgan fingerprint density at radius 1 is 0.333 bits per heavy atom. The molecule has 23 nitrogen and oxygen atoms in total. The van der Waals surface area contributed by atoms with Crippen LogP contribution in [-0.2, 0) is 78.6 Å². The first-order valence-electron chi connectivity index (χ1n) is 46.2. The van der Waals surface area contributed by atoms with Gasteiger partial charge in [-0.1, -0.05) is 120 Å². The second-order valence-corrected chi connectivity index (χ2v) is 35.7. The lowest BCUT2D eigenvalue weighted by atomic mass is 9.93. The molecule has 12 aromatic rings. The minimum absolute atomic E-state index is 0.0994. The van der Waals surface area contributed by atoms with Gasteiger partial charge >= 0.3 is 11.9 Å². The van der Waals surface area contributed by atoms with E-state index in [2.05, 4.69) is 141 Å². The predicted molar refractivity (Wildman–Crippen MR) is 546 cm³/mol. The predicted octanol–water partition coefficient (Wildman–Crippen LogP) is 24.6. The molecular weight excluding hydrogens is 1760 g/mol. The van der Waals surface area contributed by atoms with E-state index < -0.39 is 11.9 Å².